The molecule has 21 heavy (non-hydrogen) atoms. The Labute approximate surface area is 123 Å². The molecule has 0 amide bonds. The van der Waals surface area contributed by atoms with Crippen molar-refractivity contribution in [2.45, 2.75) is 34.6 Å². The molecule has 118 valence electrons. The van der Waals surface area contributed by atoms with Gasteiger partial charge in [-0.15, -0.1) is 0 Å². The summed E-state index contributed by atoms with van der Waals surface area (Å²) >= 11 is 0. The highest BCUT2D eigenvalue weighted by atomic mass is 32.2. The van der Waals surface area contributed by atoms with E-state index in [-0.39, 0.29) is 11.4 Å². The van der Waals surface area contributed by atoms with Gasteiger partial charge in [0.25, 0.3) is 0 Å². The minimum absolute atomic E-state index is 0.00211. The fourth-order valence-electron chi connectivity index (χ4n) is 2.04. The number of benzene rings is 1. The summed E-state index contributed by atoms with van der Waals surface area (Å²) in [5, 5.41) is 0. The number of rotatable bonds is 5. The van der Waals surface area contributed by atoms with Crippen LogP contribution in [0.5, 0.6) is 0 Å². The molecule has 1 aromatic rings. The van der Waals surface area contributed by atoms with Crippen LogP contribution in [0.15, 0.2) is 28.0 Å². The molecular weight excluding hydrogens is 319 g/mol. The van der Waals surface area contributed by atoms with Gasteiger partial charge in [-0.25, -0.2) is 25.9 Å². The maximum absolute atomic E-state index is 13.7. The first kappa shape index (κ1) is 16.3. The number of sulfonamides is 1. The van der Waals surface area contributed by atoms with Gasteiger partial charge in [-0.1, -0.05) is 0 Å². The lowest BCUT2D eigenvalue weighted by Gasteiger charge is -2.38. The molecular formula is C12H17FN2O4S2. The molecule has 0 bridgehead atoms. The van der Waals surface area contributed by atoms with E-state index in [4.69, 9.17) is 5.73 Å². The van der Waals surface area contributed by atoms with Gasteiger partial charge < -0.3 is 5.73 Å². The molecule has 0 atom stereocenters. The highest BCUT2D eigenvalue weighted by molar-refractivity contribution is 7.91. The van der Waals surface area contributed by atoms with E-state index in [1.54, 1.807) is 0 Å². The summed E-state index contributed by atoms with van der Waals surface area (Å²) in [5.41, 5.74) is 5.31. The van der Waals surface area contributed by atoms with Gasteiger partial charge in [0.15, 0.2) is 9.84 Å². The van der Waals surface area contributed by atoms with Crippen molar-refractivity contribution in [2.24, 2.45) is 5.73 Å². The zero-order chi connectivity index (χ0) is 15.9. The summed E-state index contributed by atoms with van der Waals surface area (Å²) < 4.78 is 63.1. The number of nitrogens with two attached hydrogens (primary N) is 1. The summed E-state index contributed by atoms with van der Waals surface area (Å²) in [6, 6.07) is 2.67. The van der Waals surface area contributed by atoms with Gasteiger partial charge in [0.05, 0.1) is 4.90 Å². The molecule has 1 aromatic carbocycles. The maximum atomic E-state index is 13.7. The molecule has 0 heterocycles. The van der Waals surface area contributed by atoms with E-state index in [2.05, 4.69) is 4.72 Å². The molecule has 9 heteroatoms. The Balaban J connectivity index is 2.31. The fraction of sp³-hybridized carbons (Fsp3) is 0.500. The maximum Gasteiger partial charge on any atom is 0.243 e. The van der Waals surface area contributed by atoms with E-state index in [9.17, 15) is 21.2 Å². The van der Waals surface area contributed by atoms with Gasteiger partial charge >= 0.3 is 0 Å². The molecule has 0 aromatic heterocycles. The van der Waals surface area contributed by atoms with E-state index in [0.717, 1.165) is 30.9 Å². The van der Waals surface area contributed by atoms with Gasteiger partial charge in [-0.05, 0) is 37.5 Å². The Hall–Kier alpha value is -1.03. The van der Waals surface area contributed by atoms with Gasteiger partial charge in [-0.3, -0.25) is 0 Å². The molecule has 6 nitrogen and oxygen atoms in total. The molecule has 0 spiro atoms. The van der Waals surface area contributed by atoms with E-state index in [0.29, 0.717) is 12.8 Å². The van der Waals surface area contributed by atoms with Crippen LogP contribution in [0.3, 0.4) is 0 Å². The first-order chi connectivity index (χ1) is 9.54. The van der Waals surface area contributed by atoms with Crippen molar-refractivity contribution in [1.29, 1.82) is 0 Å². The molecule has 1 saturated carbocycles. The number of hydrogen-bond acceptors (Lipinski definition) is 5. The Kier molecular flexibility index (Phi) is 4.13. The summed E-state index contributed by atoms with van der Waals surface area (Å²) in [4.78, 5) is -0.941. The van der Waals surface area contributed by atoms with E-state index in [1.165, 1.54) is 0 Å². The highest BCUT2D eigenvalue weighted by Gasteiger charge is 2.34. The molecule has 0 saturated heterocycles. The summed E-state index contributed by atoms with van der Waals surface area (Å²) in [5.74, 6) is -1.01. The number of nitrogens with one attached hydrogen (secondary N) is 1. The van der Waals surface area contributed by atoms with Gasteiger partial charge in [-0.2, -0.15) is 0 Å². The van der Waals surface area contributed by atoms with Crippen LogP contribution in [0, 0.1) is 5.82 Å². The average molecular weight is 336 g/mol. The molecule has 1 aliphatic rings. The normalized spacial score (nSPS) is 18.2. The molecule has 2 rings (SSSR count). The lowest BCUT2D eigenvalue weighted by molar-refractivity contribution is 0.251. The molecule has 3 N–H and O–H groups in total. The van der Waals surface area contributed by atoms with Crippen molar-refractivity contribution in [3.05, 3.63) is 24.0 Å². The van der Waals surface area contributed by atoms with Crippen LogP contribution in [-0.4, -0.2) is 35.2 Å². The topological polar surface area (TPSA) is 106 Å². The number of sulfone groups is 1. The average Bonchev–Trinajstić information content (AvgIpc) is 2.33. The van der Waals surface area contributed by atoms with Gasteiger partial charge in [0.1, 0.15) is 10.7 Å². The van der Waals surface area contributed by atoms with Crippen molar-refractivity contribution >= 4 is 19.9 Å². The zero-order valence-electron chi connectivity index (χ0n) is 11.5. The first-order valence-corrected chi connectivity index (χ1v) is 9.69. The third-order valence-corrected chi connectivity index (χ3v) is 6.11. The lowest BCUT2D eigenvalue weighted by Crippen LogP contribution is -2.54. The predicted octanol–water partition coefficient (Wildman–Crippen LogP) is 0.389. The quantitative estimate of drug-likeness (QED) is 0.757. The minimum atomic E-state index is -4.15. The third kappa shape index (κ3) is 3.60. The van der Waals surface area contributed by atoms with Crippen LogP contribution in [0.2, 0.25) is 0 Å². The molecule has 0 unspecified atom stereocenters. The second kappa shape index (κ2) is 5.31. The van der Waals surface area contributed by atoms with Crippen molar-refractivity contribution < 1.29 is 21.2 Å². The van der Waals surface area contributed by atoms with E-state index in [1.807, 2.05) is 0 Å². The molecule has 0 aliphatic heterocycles. The van der Waals surface area contributed by atoms with Crippen molar-refractivity contribution in [1.82, 2.24) is 4.72 Å². The van der Waals surface area contributed by atoms with Crippen molar-refractivity contribution in [3.8, 4) is 0 Å². The zero-order valence-corrected chi connectivity index (χ0v) is 13.1. The number of hydrogen-bond donors (Lipinski definition) is 2. The molecule has 1 aliphatic carbocycles. The Bertz CT molecular complexity index is 755. The monoisotopic (exact) mass is 336 g/mol. The summed E-state index contributed by atoms with van der Waals surface area (Å²) in [6.07, 6.45) is 3.24. The van der Waals surface area contributed by atoms with Gasteiger partial charge in [0, 0.05) is 18.3 Å². The van der Waals surface area contributed by atoms with Crippen molar-refractivity contribution in [2.75, 3.05) is 12.8 Å². The van der Waals surface area contributed by atoms with Crippen LogP contribution >= 0.6 is 0 Å². The third-order valence-electron chi connectivity index (χ3n) is 3.58. The highest BCUT2D eigenvalue weighted by Crippen LogP contribution is 2.29. The van der Waals surface area contributed by atoms with Crippen LogP contribution in [-0.2, 0) is 19.9 Å². The molecule has 0 radical (unpaired) electrons. The predicted molar refractivity (Wildman–Crippen MR) is 75.5 cm³/mol. The SMILES string of the molecule is CS(=O)(=O)c1ccc(F)c(S(=O)(=O)NCC2(N)CCC2)c1. The van der Waals surface area contributed by atoms with Gasteiger partial charge in [0.2, 0.25) is 10.0 Å². The van der Waals surface area contributed by atoms with E-state index < -0.39 is 36.1 Å². The van der Waals surface area contributed by atoms with Crippen LogP contribution in [0.1, 0.15) is 19.3 Å². The second-order valence-electron chi connectivity index (χ2n) is 5.40. The number of halogens is 1. The Morgan fingerprint density at radius 1 is 1.29 bits per heavy atom. The standard InChI is InChI=1S/C12H17FN2O4S2/c1-20(16,17)9-3-4-10(13)11(7-9)21(18,19)15-8-12(14)5-2-6-12/h3-4,7,15H,2,5-6,8,14H2,1H3. The van der Waals surface area contributed by atoms with Crippen LogP contribution in [0.4, 0.5) is 4.39 Å². The Morgan fingerprint density at radius 2 is 1.90 bits per heavy atom. The Morgan fingerprint density at radius 3 is 2.38 bits per heavy atom. The largest absolute Gasteiger partial charge is 0.324 e. The van der Waals surface area contributed by atoms with E-state index >= 15 is 0 Å². The second-order valence-corrected chi connectivity index (χ2v) is 9.16. The minimum Gasteiger partial charge on any atom is -0.324 e. The summed E-state index contributed by atoms with van der Waals surface area (Å²) in [7, 11) is -7.78. The van der Waals surface area contributed by atoms with Crippen LogP contribution in [0.25, 0.3) is 0 Å². The fourth-order valence-corrected chi connectivity index (χ4v) is 4.01. The first-order valence-electron chi connectivity index (χ1n) is 6.32. The lowest BCUT2D eigenvalue weighted by atomic mass is 9.78. The summed E-state index contributed by atoms with van der Waals surface area (Å²) in [6.45, 7) is -0.00211. The van der Waals surface area contributed by atoms with Crippen LogP contribution < -0.4 is 10.5 Å². The smallest absolute Gasteiger partial charge is 0.243 e. The van der Waals surface area contributed by atoms with Crippen molar-refractivity contribution in [3.63, 3.8) is 0 Å². The molecule has 1 fully saturated rings.